The highest BCUT2D eigenvalue weighted by atomic mass is 32.2. The van der Waals surface area contributed by atoms with Crippen molar-refractivity contribution in [3.63, 3.8) is 0 Å². The van der Waals surface area contributed by atoms with Gasteiger partial charge >= 0.3 is 5.97 Å². The summed E-state index contributed by atoms with van der Waals surface area (Å²) < 4.78 is 31.0. The first-order chi connectivity index (χ1) is 9.18. The van der Waals surface area contributed by atoms with E-state index in [4.69, 9.17) is 9.84 Å². The van der Waals surface area contributed by atoms with E-state index in [2.05, 4.69) is 4.72 Å². The summed E-state index contributed by atoms with van der Waals surface area (Å²) in [7, 11) is -2.35. The van der Waals surface area contributed by atoms with Gasteiger partial charge in [-0.3, -0.25) is 0 Å². The van der Waals surface area contributed by atoms with Gasteiger partial charge in [-0.05, 0) is 13.0 Å². The molecule has 9 heteroatoms. The maximum Gasteiger partial charge on any atom is 0.345 e. The van der Waals surface area contributed by atoms with Crippen LogP contribution in [0.25, 0.3) is 0 Å². The minimum absolute atomic E-state index is 0.0588. The second-order valence-corrected chi connectivity index (χ2v) is 7.19. The molecule has 1 atom stereocenters. The van der Waals surface area contributed by atoms with E-state index in [-0.39, 0.29) is 22.7 Å². The Morgan fingerprint density at radius 3 is 2.70 bits per heavy atom. The number of ether oxygens (including phenoxy) is 1. The molecule has 20 heavy (non-hydrogen) atoms. The van der Waals surface area contributed by atoms with Crippen molar-refractivity contribution >= 4 is 27.3 Å². The number of hydrogen-bond donors (Lipinski definition) is 3. The van der Waals surface area contributed by atoms with Crippen molar-refractivity contribution in [3.8, 4) is 0 Å². The van der Waals surface area contributed by atoms with Gasteiger partial charge in [-0.15, -0.1) is 11.3 Å². The molecule has 1 aromatic rings. The smallest absolute Gasteiger partial charge is 0.345 e. The van der Waals surface area contributed by atoms with E-state index in [1.54, 1.807) is 0 Å². The van der Waals surface area contributed by atoms with Crippen LogP contribution < -0.4 is 4.72 Å². The predicted octanol–water partition coefficient (Wildman–Crippen LogP) is 0.512. The molecule has 7 nitrogen and oxygen atoms in total. The number of sulfonamides is 1. The fraction of sp³-hybridized carbons (Fsp3) is 0.545. The Morgan fingerprint density at radius 2 is 2.20 bits per heavy atom. The zero-order chi connectivity index (χ0) is 15.4. The topological polar surface area (TPSA) is 113 Å². The van der Waals surface area contributed by atoms with Gasteiger partial charge in [0.25, 0.3) is 0 Å². The molecule has 0 radical (unpaired) electrons. The van der Waals surface area contributed by atoms with E-state index in [0.29, 0.717) is 6.61 Å². The summed E-state index contributed by atoms with van der Waals surface area (Å²) in [6.45, 7) is 1.61. The predicted molar refractivity (Wildman–Crippen MR) is 73.6 cm³/mol. The van der Waals surface area contributed by atoms with Crippen molar-refractivity contribution in [1.29, 1.82) is 0 Å². The molecule has 0 aliphatic heterocycles. The molecular formula is C11H17NO6S2. The standard InChI is InChI=1S/C11H17NO6S2/c1-11(15,3-4-18-2)7-12-20(16,17)8-5-9(10(13)14)19-6-8/h5-6,12,15H,3-4,7H2,1-2H3,(H,13,14). The Balaban J connectivity index is 2.72. The van der Waals surface area contributed by atoms with Gasteiger partial charge in [-0.1, -0.05) is 0 Å². The maximum atomic E-state index is 11.9. The van der Waals surface area contributed by atoms with Crippen molar-refractivity contribution in [2.75, 3.05) is 20.3 Å². The van der Waals surface area contributed by atoms with Crippen molar-refractivity contribution in [2.45, 2.75) is 23.8 Å². The first kappa shape index (κ1) is 17.1. The van der Waals surface area contributed by atoms with E-state index >= 15 is 0 Å². The maximum absolute atomic E-state index is 11.9. The summed E-state index contributed by atoms with van der Waals surface area (Å²) in [6, 6.07) is 1.08. The molecule has 3 N–H and O–H groups in total. The lowest BCUT2D eigenvalue weighted by Gasteiger charge is -2.22. The monoisotopic (exact) mass is 323 g/mol. The number of carboxylic acids is 1. The van der Waals surface area contributed by atoms with E-state index < -0.39 is 21.6 Å². The Bertz CT molecular complexity index is 563. The van der Waals surface area contributed by atoms with Crippen LogP contribution in [0.3, 0.4) is 0 Å². The number of nitrogens with one attached hydrogen (secondary N) is 1. The first-order valence-corrected chi connectivity index (χ1v) is 8.07. The Hall–Kier alpha value is -1.00. The highest BCUT2D eigenvalue weighted by Crippen LogP contribution is 2.19. The molecule has 0 aliphatic rings. The highest BCUT2D eigenvalue weighted by molar-refractivity contribution is 7.89. The average Bonchev–Trinajstić information content (AvgIpc) is 2.85. The number of hydrogen-bond acceptors (Lipinski definition) is 6. The van der Waals surface area contributed by atoms with Crippen LogP contribution in [0.15, 0.2) is 16.3 Å². The molecule has 0 spiro atoms. The van der Waals surface area contributed by atoms with Crippen LogP contribution >= 0.6 is 11.3 Å². The number of aromatic carboxylic acids is 1. The summed E-state index contributed by atoms with van der Waals surface area (Å²) in [5.41, 5.74) is -1.24. The van der Waals surface area contributed by atoms with E-state index in [9.17, 15) is 18.3 Å². The third kappa shape index (κ3) is 4.84. The van der Waals surface area contributed by atoms with E-state index in [1.807, 2.05) is 0 Å². The lowest BCUT2D eigenvalue weighted by molar-refractivity contribution is 0.0292. The zero-order valence-corrected chi connectivity index (χ0v) is 12.8. The van der Waals surface area contributed by atoms with Crippen LogP contribution in [0, 0.1) is 0 Å². The summed E-state index contributed by atoms with van der Waals surface area (Å²) in [5.74, 6) is -1.18. The lowest BCUT2D eigenvalue weighted by atomic mass is 10.0. The summed E-state index contributed by atoms with van der Waals surface area (Å²) in [5, 5.41) is 20.0. The first-order valence-electron chi connectivity index (χ1n) is 5.71. The molecule has 1 heterocycles. The van der Waals surface area contributed by atoms with Crippen LogP contribution in [0.1, 0.15) is 23.0 Å². The molecule has 0 aliphatic carbocycles. The number of rotatable bonds is 8. The molecule has 0 saturated carbocycles. The summed E-state index contributed by atoms with van der Waals surface area (Å²) in [4.78, 5) is 10.5. The van der Waals surface area contributed by atoms with Gasteiger partial charge < -0.3 is 14.9 Å². The lowest BCUT2D eigenvalue weighted by Crippen LogP contribution is -2.41. The second kappa shape index (κ2) is 6.64. The molecule has 114 valence electrons. The van der Waals surface area contributed by atoms with Crippen molar-refractivity contribution < 1.29 is 28.2 Å². The third-order valence-electron chi connectivity index (χ3n) is 2.58. The fourth-order valence-corrected chi connectivity index (χ4v) is 3.59. The highest BCUT2D eigenvalue weighted by Gasteiger charge is 2.25. The third-order valence-corrected chi connectivity index (χ3v) is 5.03. The number of aliphatic hydroxyl groups is 1. The van der Waals surface area contributed by atoms with E-state index in [0.717, 1.165) is 17.4 Å². The minimum Gasteiger partial charge on any atom is -0.477 e. The van der Waals surface area contributed by atoms with Gasteiger partial charge in [-0.2, -0.15) is 0 Å². The van der Waals surface area contributed by atoms with Crippen LogP contribution in [-0.2, 0) is 14.8 Å². The van der Waals surface area contributed by atoms with Gasteiger partial charge in [0, 0.05) is 32.1 Å². The molecule has 1 rings (SSSR count). The summed E-state index contributed by atoms with van der Waals surface area (Å²) >= 11 is 0.831. The molecule has 0 aromatic carbocycles. The van der Waals surface area contributed by atoms with Gasteiger partial charge in [0.2, 0.25) is 10.0 Å². The molecule has 1 unspecified atom stereocenters. The Kier molecular flexibility index (Phi) is 5.66. The average molecular weight is 323 g/mol. The van der Waals surface area contributed by atoms with Crippen molar-refractivity contribution in [1.82, 2.24) is 4.72 Å². The molecule has 0 amide bonds. The van der Waals surface area contributed by atoms with Crippen LogP contribution in [0.5, 0.6) is 0 Å². The molecular weight excluding hydrogens is 306 g/mol. The quantitative estimate of drug-likeness (QED) is 0.642. The normalized spacial score (nSPS) is 14.9. The number of thiophene rings is 1. The van der Waals surface area contributed by atoms with E-state index in [1.165, 1.54) is 19.4 Å². The fourth-order valence-electron chi connectivity index (χ4n) is 1.32. The van der Waals surface area contributed by atoms with Crippen molar-refractivity contribution in [2.24, 2.45) is 0 Å². The van der Waals surface area contributed by atoms with Crippen LogP contribution in [0.2, 0.25) is 0 Å². The van der Waals surface area contributed by atoms with Gasteiger partial charge in [-0.25, -0.2) is 17.9 Å². The van der Waals surface area contributed by atoms with Gasteiger partial charge in [0.15, 0.2) is 0 Å². The number of carbonyl (C=O) groups is 1. The van der Waals surface area contributed by atoms with Crippen LogP contribution in [-0.4, -0.2) is 50.5 Å². The molecule has 0 bridgehead atoms. The summed E-state index contributed by atoms with van der Waals surface area (Å²) in [6.07, 6.45) is 0.274. The van der Waals surface area contributed by atoms with Gasteiger partial charge in [0.05, 0.1) is 10.5 Å². The molecule has 1 aromatic heterocycles. The Labute approximate surface area is 121 Å². The van der Waals surface area contributed by atoms with Gasteiger partial charge in [0.1, 0.15) is 4.88 Å². The second-order valence-electron chi connectivity index (χ2n) is 4.52. The molecule has 0 saturated heterocycles. The van der Waals surface area contributed by atoms with Crippen molar-refractivity contribution in [3.05, 3.63) is 16.3 Å². The number of carboxylic acid groups (broad SMARTS) is 1. The zero-order valence-electron chi connectivity index (χ0n) is 11.1. The molecule has 0 fully saturated rings. The van der Waals surface area contributed by atoms with Crippen LogP contribution in [0.4, 0.5) is 0 Å². The SMILES string of the molecule is COCCC(C)(O)CNS(=O)(=O)c1csc(C(=O)O)c1. The Morgan fingerprint density at radius 1 is 1.55 bits per heavy atom. The minimum atomic E-state index is -3.83. The number of methoxy groups -OCH3 is 1. The largest absolute Gasteiger partial charge is 0.477 e.